The van der Waals surface area contributed by atoms with Crippen molar-refractivity contribution in [1.82, 2.24) is 4.98 Å². The number of hydrogen-bond acceptors (Lipinski definition) is 3. The van der Waals surface area contributed by atoms with Crippen LogP contribution in [0.5, 0.6) is 0 Å². The van der Waals surface area contributed by atoms with Crippen LogP contribution in [0, 0.1) is 5.41 Å². The first-order chi connectivity index (χ1) is 8.50. The minimum absolute atomic E-state index is 0.214. The molecule has 98 valence electrons. The number of carbonyl (C=O) groups is 1. The second-order valence-corrected chi connectivity index (χ2v) is 6.14. The Kier molecular flexibility index (Phi) is 3.90. The molecular formula is C13H17BrN2O2. The van der Waals surface area contributed by atoms with Gasteiger partial charge in [0.1, 0.15) is 11.4 Å². The highest BCUT2D eigenvalue weighted by molar-refractivity contribution is 9.10. The number of aromatic carboxylic acids is 1. The Bertz CT molecular complexity index is 456. The predicted octanol–water partition coefficient (Wildman–Crippen LogP) is 3.53. The van der Waals surface area contributed by atoms with Gasteiger partial charge in [0, 0.05) is 17.2 Å². The maximum atomic E-state index is 11.1. The third-order valence-corrected chi connectivity index (χ3v) is 4.01. The zero-order valence-electron chi connectivity index (χ0n) is 10.4. The lowest BCUT2D eigenvalue weighted by Gasteiger charge is -2.24. The maximum absolute atomic E-state index is 11.1. The van der Waals surface area contributed by atoms with E-state index in [1.54, 1.807) is 12.3 Å². The third kappa shape index (κ3) is 3.02. The Morgan fingerprint density at radius 2 is 2.22 bits per heavy atom. The lowest BCUT2D eigenvalue weighted by atomic mass is 9.89. The van der Waals surface area contributed by atoms with Gasteiger partial charge in [0.2, 0.25) is 0 Å². The predicted molar refractivity (Wildman–Crippen MR) is 74.0 cm³/mol. The first kappa shape index (κ1) is 13.3. The Balaban J connectivity index is 2.11. The molecular weight excluding hydrogens is 296 g/mol. The summed E-state index contributed by atoms with van der Waals surface area (Å²) < 4.78 is 0.678. The number of carboxylic acids is 1. The molecule has 1 aliphatic rings. The van der Waals surface area contributed by atoms with E-state index in [4.69, 9.17) is 5.11 Å². The second kappa shape index (κ2) is 5.26. The number of nitrogens with one attached hydrogen (secondary N) is 1. The smallest absolute Gasteiger partial charge is 0.339 e. The monoisotopic (exact) mass is 312 g/mol. The van der Waals surface area contributed by atoms with Gasteiger partial charge in [0.25, 0.3) is 0 Å². The minimum Gasteiger partial charge on any atom is -0.478 e. The number of nitrogens with zero attached hydrogens (tertiary/aromatic N) is 1. The third-order valence-electron chi connectivity index (χ3n) is 3.58. The Morgan fingerprint density at radius 1 is 1.56 bits per heavy atom. The summed E-state index contributed by atoms with van der Waals surface area (Å²) in [5.41, 5.74) is 0.482. The number of halogens is 1. The van der Waals surface area contributed by atoms with Gasteiger partial charge in [-0.2, -0.15) is 0 Å². The van der Waals surface area contributed by atoms with Crippen molar-refractivity contribution in [2.45, 2.75) is 32.6 Å². The molecule has 1 heterocycles. The fourth-order valence-electron chi connectivity index (χ4n) is 2.45. The highest BCUT2D eigenvalue weighted by Crippen LogP contribution is 2.37. The van der Waals surface area contributed by atoms with E-state index in [0.29, 0.717) is 10.3 Å². The van der Waals surface area contributed by atoms with E-state index in [2.05, 4.69) is 33.2 Å². The van der Waals surface area contributed by atoms with Gasteiger partial charge in [-0.25, -0.2) is 9.78 Å². The van der Waals surface area contributed by atoms with Crippen LogP contribution in [0.1, 0.15) is 43.0 Å². The van der Waals surface area contributed by atoms with Crippen LogP contribution in [0.25, 0.3) is 0 Å². The molecule has 0 radical (unpaired) electrons. The van der Waals surface area contributed by atoms with Gasteiger partial charge in [0.15, 0.2) is 0 Å². The first-order valence-corrected chi connectivity index (χ1v) is 6.92. The average molecular weight is 313 g/mol. The normalized spacial score (nSPS) is 17.7. The molecule has 0 saturated heterocycles. The number of hydrogen-bond donors (Lipinski definition) is 2. The molecule has 0 aromatic carbocycles. The Labute approximate surface area is 115 Å². The van der Waals surface area contributed by atoms with Gasteiger partial charge in [-0.1, -0.05) is 19.8 Å². The van der Waals surface area contributed by atoms with Crippen molar-refractivity contribution in [3.05, 3.63) is 22.3 Å². The lowest BCUT2D eigenvalue weighted by molar-refractivity contribution is 0.0697. The van der Waals surface area contributed by atoms with E-state index in [-0.39, 0.29) is 11.0 Å². The molecule has 1 saturated carbocycles. The van der Waals surface area contributed by atoms with Gasteiger partial charge in [0.05, 0.1) is 0 Å². The summed E-state index contributed by atoms with van der Waals surface area (Å²) >= 11 is 3.24. The van der Waals surface area contributed by atoms with Crippen molar-refractivity contribution in [3.8, 4) is 0 Å². The zero-order chi connectivity index (χ0) is 13.2. The van der Waals surface area contributed by atoms with Crippen LogP contribution in [-0.2, 0) is 0 Å². The van der Waals surface area contributed by atoms with Crippen LogP contribution in [-0.4, -0.2) is 22.6 Å². The molecule has 1 fully saturated rings. The van der Waals surface area contributed by atoms with E-state index in [9.17, 15) is 4.79 Å². The van der Waals surface area contributed by atoms with Crippen LogP contribution >= 0.6 is 15.9 Å². The van der Waals surface area contributed by atoms with Crippen molar-refractivity contribution in [1.29, 1.82) is 0 Å². The molecule has 0 bridgehead atoms. The molecule has 0 unspecified atom stereocenters. The quantitative estimate of drug-likeness (QED) is 0.892. The van der Waals surface area contributed by atoms with E-state index in [1.165, 1.54) is 25.7 Å². The fourth-order valence-corrected chi connectivity index (χ4v) is 2.78. The summed E-state index contributed by atoms with van der Waals surface area (Å²) in [6.45, 7) is 3.02. The van der Waals surface area contributed by atoms with E-state index in [0.717, 1.165) is 6.54 Å². The molecule has 0 spiro atoms. The van der Waals surface area contributed by atoms with E-state index >= 15 is 0 Å². The summed E-state index contributed by atoms with van der Waals surface area (Å²) in [7, 11) is 0. The molecule has 5 heteroatoms. The summed E-state index contributed by atoms with van der Waals surface area (Å²) in [5, 5.41) is 12.3. The second-order valence-electron chi connectivity index (χ2n) is 5.23. The molecule has 1 aromatic heterocycles. The molecule has 2 N–H and O–H groups in total. The Morgan fingerprint density at radius 3 is 2.83 bits per heavy atom. The molecule has 18 heavy (non-hydrogen) atoms. The average Bonchev–Trinajstić information content (AvgIpc) is 2.75. The summed E-state index contributed by atoms with van der Waals surface area (Å²) in [5.74, 6) is -0.498. The molecule has 0 aliphatic heterocycles. The van der Waals surface area contributed by atoms with Gasteiger partial charge >= 0.3 is 5.97 Å². The molecule has 1 aliphatic carbocycles. The van der Waals surface area contributed by atoms with Crippen LogP contribution < -0.4 is 5.32 Å². The summed E-state index contributed by atoms with van der Waals surface area (Å²) in [6.07, 6.45) is 6.53. The van der Waals surface area contributed by atoms with Gasteiger partial charge in [-0.15, -0.1) is 0 Å². The van der Waals surface area contributed by atoms with Crippen molar-refractivity contribution in [2.24, 2.45) is 5.41 Å². The molecule has 4 nitrogen and oxygen atoms in total. The highest BCUT2D eigenvalue weighted by atomic mass is 79.9. The Hall–Kier alpha value is -1.10. The number of anilines is 1. The van der Waals surface area contributed by atoms with Gasteiger partial charge in [-0.3, -0.25) is 0 Å². The first-order valence-electron chi connectivity index (χ1n) is 6.13. The van der Waals surface area contributed by atoms with Crippen LogP contribution in [0.3, 0.4) is 0 Å². The zero-order valence-corrected chi connectivity index (χ0v) is 12.0. The van der Waals surface area contributed by atoms with Crippen molar-refractivity contribution >= 4 is 27.7 Å². The van der Waals surface area contributed by atoms with E-state index < -0.39 is 5.97 Å². The van der Waals surface area contributed by atoms with Crippen molar-refractivity contribution in [2.75, 3.05) is 11.9 Å². The summed E-state index contributed by atoms with van der Waals surface area (Å²) in [6, 6.07) is 1.58. The SMILES string of the molecule is CC1(CNc2ncc(Br)cc2C(=O)O)CCCC1. The maximum Gasteiger partial charge on any atom is 0.339 e. The standard InChI is InChI=1S/C13H17BrN2O2/c1-13(4-2-3-5-13)8-16-11-10(12(17)18)6-9(14)7-15-11/h6-7H,2-5,8H2,1H3,(H,15,16)(H,17,18). The largest absolute Gasteiger partial charge is 0.478 e. The van der Waals surface area contributed by atoms with Crippen LogP contribution in [0.4, 0.5) is 5.82 Å². The molecule has 0 atom stereocenters. The highest BCUT2D eigenvalue weighted by Gasteiger charge is 2.28. The number of pyridine rings is 1. The topological polar surface area (TPSA) is 62.2 Å². The van der Waals surface area contributed by atoms with Crippen molar-refractivity contribution < 1.29 is 9.90 Å². The van der Waals surface area contributed by atoms with Crippen LogP contribution in [0.2, 0.25) is 0 Å². The van der Waals surface area contributed by atoms with Crippen molar-refractivity contribution in [3.63, 3.8) is 0 Å². The number of carboxylic acid groups (broad SMARTS) is 1. The van der Waals surface area contributed by atoms with Gasteiger partial charge < -0.3 is 10.4 Å². The van der Waals surface area contributed by atoms with Crippen LogP contribution in [0.15, 0.2) is 16.7 Å². The molecule has 2 rings (SSSR count). The van der Waals surface area contributed by atoms with E-state index in [1.807, 2.05) is 0 Å². The van der Waals surface area contributed by atoms with Gasteiger partial charge in [-0.05, 0) is 40.3 Å². The number of rotatable bonds is 4. The fraction of sp³-hybridized carbons (Fsp3) is 0.538. The minimum atomic E-state index is -0.956. The molecule has 0 amide bonds. The number of aromatic nitrogens is 1. The lowest BCUT2D eigenvalue weighted by Crippen LogP contribution is -2.24. The summed E-state index contributed by atoms with van der Waals surface area (Å²) in [4.78, 5) is 15.3. The molecule has 1 aromatic rings.